The molecule has 1 atom stereocenters. The molecule has 1 unspecified atom stereocenters. The van der Waals surface area contributed by atoms with Crippen LogP contribution in [0.3, 0.4) is 0 Å². The third-order valence-corrected chi connectivity index (χ3v) is 2.12. The largest absolute Gasteiger partial charge is 0.480 e. The van der Waals surface area contributed by atoms with Crippen LogP contribution in [0.5, 0.6) is 0 Å². The Labute approximate surface area is 97.4 Å². The van der Waals surface area contributed by atoms with Crippen molar-refractivity contribution in [2.24, 2.45) is 5.73 Å². The van der Waals surface area contributed by atoms with Gasteiger partial charge in [0.25, 0.3) is 0 Å². The maximum Gasteiger partial charge on any atom is 0.322 e. The lowest BCUT2D eigenvalue weighted by Gasteiger charge is -2.11. The molecule has 0 aromatic heterocycles. The number of nitrogens with one attached hydrogen (secondary N) is 1. The molecule has 1 amide bonds. The average Bonchev–Trinajstić information content (AvgIpc) is 2.28. The molecule has 0 bridgehead atoms. The Hall–Kier alpha value is -1.95. The minimum absolute atomic E-state index is 0.228. The summed E-state index contributed by atoms with van der Waals surface area (Å²) in [5.41, 5.74) is 6.29. The van der Waals surface area contributed by atoms with Gasteiger partial charge in [-0.25, -0.2) is 4.39 Å². The quantitative estimate of drug-likeness (QED) is 0.670. The maximum absolute atomic E-state index is 12.6. The van der Waals surface area contributed by atoms with Gasteiger partial charge in [-0.2, -0.15) is 0 Å². The number of amides is 1. The monoisotopic (exact) mass is 240 g/mol. The molecule has 0 aliphatic heterocycles. The normalized spacial score (nSPS) is 11.9. The van der Waals surface area contributed by atoms with Gasteiger partial charge in [-0.3, -0.25) is 9.59 Å². The van der Waals surface area contributed by atoms with Gasteiger partial charge in [0.15, 0.2) is 0 Å². The van der Waals surface area contributed by atoms with Crippen molar-refractivity contribution in [1.29, 1.82) is 0 Å². The van der Waals surface area contributed by atoms with Gasteiger partial charge in [-0.1, -0.05) is 12.1 Å². The SMILES string of the molecule is NC(Cc1ccc(F)cc1)C(=O)NCC(=O)O. The second-order valence-electron chi connectivity index (χ2n) is 3.55. The van der Waals surface area contributed by atoms with Gasteiger partial charge in [0, 0.05) is 0 Å². The topological polar surface area (TPSA) is 92.4 Å². The Morgan fingerprint density at radius 2 is 1.94 bits per heavy atom. The van der Waals surface area contributed by atoms with Crippen LogP contribution < -0.4 is 11.1 Å². The molecule has 1 rings (SSSR count). The van der Waals surface area contributed by atoms with Gasteiger partial charge in [0.1, 0.15) is 12.4 Å². The molecule has 6 heteroatoms. The molecular formula is C11H13FN2O3. The Morgan fingerprint density at radius 3 is 2.47 bits per heavy atom. The van der Waals surface area contributed by atoms with Crippen molar-refractivity contribution in [2.45, 2.75) is 12.5 Å². The lowest BCUT2D eigenvalue weighted by atomic mass is 10.1. The third-order valence-electron chi connectivity index (χ3n) is 2.12. The highest BCUT2D eigenvalue weighted by Crippen LogP contribution is 2.04. The summed E-state index contributed by atoms with van der Waals surface area (Å²) in [5.74, 6) is -2.04. The molecular weight excluding hydrogens is 227 g/mol. The van der Waals surface area contributed by atoms with Crippen LogP contribution in [-0.4, -0.2) is 29.6 Å². The maximum atomic E-state index is 12.6. The molecule has 4 N–H and O–H groups in total. The van der Waals surface area contributed by atoms with E-state index in [2.05, 4.69) is 5.32 Å². The zero-order valence-electron chi connectivity index (χ0n) is 9.02. The number of aliphatic carboxylic acids is 1. The van der Waals surface area contributed by atoms with Crippen molar-refractivity contribution in [3.05, 3.63) is 35.6 Å². The first kappa shape index (κ1) is 13.1. The summed E-state index contributed by atoms with van der Waals surface area (Å²) < 4.78 is 12.6. The highest BCUT2D eigenvalue weighted by Gasteiger charge is 2.14. The summed E-state index contributed by atoms with van der Waals surface area (Å²) in [5, 5.41) is 10.5. The standard InChI is InChI=1S/C11H13FN2O3/c12-8-3-1-7(2-4-8)5-9(13)11(17)14-6-10(15)16/h1-4,9H,5-6,13H2,(H,14,17)(H,15,16). The third kappa shape index (κ3) is 4.60. The zero-order chi connectivity index (χ0) is 12.8. The Bertz CT molecular complexity index is 406. The summed E-state index contributed by atoms with van der Waals surface area (Å²) in [7, 11) is 0. The van der Waals surface area contributed by atoms with E-state index in [0.29, 0.717) is 5.56 Å². The number of halogens is 1. The number of hydrogen-bond donors (Lipinski definition) is 3. The van der Waals surface area contributed by atoms with Crippen LogP contribution in [0.1, 0.15) is 5.56 Å². The van der Waals surface area contributed by atoms with E-state index in [1.54, 1.807) is 0 Å². The molecule has 0 radical (unpaired) electrons. The van der Waals surface area contributed by atoms with E-state index in [1.165, 1.54) is 24.3 Å². The number of nitrogens with two attached hydrogens (primary N) is 1. The molecule has 0 aliphatic carbocycles. The Morgan fingerprint density at radius 1 is 1.35 bits per heavy atom. The van der Waals surface area contributed by atoms with Crippen LogP contribution in [0.15, 0.2) is 24.3 Å². The Balaban J connectivity index is 2.48. The predicted octanol–water partition coefficient (Wildman–Crippen LogP) is -0.104. The molecule has 0 saturated carbocycles. The average molecular weight is 240 g/mol. The van der Waals surface area contributed by atoms with E-state index in [1.807, 2.05) is 0 Å². The van der Waals surface area contributed by atoms with E-state index >= 15 is 0 Å². The number of carbonyl (C=O) groups is 2. The van der Waals surface area contributed by atoms with E-state index < -0.39 is 24.5 Å². The second-order valence-corrected chi connectivity index (χ2v) is 3.55. The van der Waals surface area contributed by atoms with Gasteiger partial charge >= 0.3 is 5.97 Å². The number of hydrogen-bond acceptors (Lipinski definition) is 3. The lowest BCUT2D eigenvalue weighted by Crippen LogP contribution is -2.43. The molecule has 0 aliphatic rings. The first-order valence-corrected chi connectivity index (χ1v) is 4.98. The summed E-state index contributed by atoms with van der Waals surface area (Å²) in [6.45, 7) is -0.462. The molecule has 0 heterocycles. The van der Waals surface area contributed by atoms with Crippen molar-refractivity contribution in [3.8, 4) is 0 Å². The fraction of sp³-hybridized carbons (Fsp3) is 0.273. The van der Waals surface area contributed by atoms with Crippen molar-refractivity contribution in [2.75, 3.05) is 6.54 Å². The van der Waals surface area contributed by atoms with Crippen molar-refractivity contribution in [3.63, 3.8) is 0 Å². The highest BCUT2D eigenvalue weighted by atomic mass is 19.1. The fourth-order valence-corrected chi connectivity index (χ4v) is 1.26. The van der Waals surface area contributed by atoms with Crippen LogP contribution in [-0.2, 0) is 16.0 Å². The molecule has 0 saturated heterocycles. The predicted molar refractivity (Wildman–Crippen MR) is 58.7 cm³/mol. The summed E-state index contributed by atoms with van der Waals surface area (Å²) >= 11 is 0. The van der Waals surface area contributed by atoms with Crippen LogP contribution >= 0.6 is 0 Å². The van der Waals surface area contributed by atoms with Gasteiger partial charge in [0.2, 0.25) is 5.91 Å². The first-order chi connectivity index (χ1) is 7.99. The van der Waals surface area contributed by atoms with Crippen LogP contribution in [0, 0.1) is 5.82 Å². The van der Waals surface area contributed by atoms with Gasteiger partial charge in [-0.15, -0.1) is 0 Å². The molecule has 17 heavy (non-hydrogen) atoms. The van der Waals surface area contributed by atoms with Crippen molar-refractivity contribution < 1.29 is 19.1 Å². The first-order valence-electron chi connectivity index (χ1n) is 4.98. The van der Waals surface area contributed by atoms with Gasteiger partial charge in [-0.05, 0) is 24.1 Å². The van der Waals surface area contributed by atoms with E-state index in [9.17, 15) is 14.0 Å². The number of benzene rings is 1. The second kappa shape index (κ2) is 5.95. The van der Waals surface area contributed by atoms with Crippen LogP contribution in [0.4, 0.5) is 4.39 Å². The smallest absolute Gasteiger partial charge is 0.322 e. The minimum Gasteiger partial charge on any atom is -0.480 e. The molecule has 0 fully saturated rings. The minimum atomic E-state index is -1.13. The number of carboxylic acids is 1. The van der Waals surface area contributed by atoms with Crippen molar-refractivity contribution >= 4 is 11.9 Å². The molecule has 1 aromatic carbocycles. The van der Waals surface area contributed by atoms with E-state index in [4.69, 9.17) is 10.8 Å². The van der Waals surface area contributed by atoms with Crippen LogP contribution in [0.2, 0.25) is 0 Å². The molecule has 1 aromatic rings. The molecule has 92 valence electrons. The lowest BCUT2D eigenvalue weighted by molar-refractivity contribution is -0.138. The molecule has 0 spiro atoms. The number of carboxylic acid groups (broad SMARTS) is 1. The number of rotatable bonds is 5. The summed E-state index contributed by atoms with van der Waals surface area (Å²) in [6, 6.07) is 4.76. The van der Waals surface area contributed by atoms with Crippen LogP contribution in [0.25, 0.3) is 0 Å². The van der Waals surface area contributed by atoms with Gasteiger partial charge < -0.3 is 16.2 Å². The van der Waals surface area contributed by atoms with Crippen molar-refractivity contribution in [1.82, 2.24) is 5.32 Å². The van der Waals surface area contributed by atoms with Gasteiger partial charge in [0.05, 0.1) is 6.04 Å². The Kier molecular flexibility index (Phi) is 4.59. The summed E-state index contributed by atoms with van der Waals surface area (Å²) in [4.78, 5) is 21.6. The fourth-order valence-electron chi connectivity index (χ4n) is 1.26. The van der Waals surface area contributed by atoms with E-state index in [-0.39, 0.29) is 12.2 Å². The van der Waals surface area contributed by atoms with E-state index in [0.717, 1.165) is 0 Å². The summed E-state index contributed by atoms with van der Waals surface area (Å²) in [6.07, 6.45) is 0.228. The molecule has 5 nitrogen and oxygen atoms in total. The number of carbonyl (C=O) groups excluding carboxylic acids is 1. The highest BCUT2D eigenvalue weighted by molar-refractivity contribution is 5.85. The zero-order valence-corrected chi connectivity index (χ0v) is 9.02.